The molecule has 1 aromatic carbocycles. The van der Waals surface area contributed by atoms with Gasteiger partial charge >= 0.3 is 5.97 Å². The summed E-state index contributed by atoms with van der Waals surface area (Å²) in [6, 6.07) is 5.87. The van der Waals surface area contributed by atoms with Crippen molar-refractivity contribution in [2.75, 3.05) is 6.73 Å². The molecule has 1 aliphatic rings. The van der Waals surface area contributed by atoms with Crippen molar-refractivity contribution >= 4 is 16.0 Å². The van der Waals surface area contributed by atoms with Gasteiger partial charge in [0.25, 0.3) is 0 Å². The Kier molecular flexibility index (Phi) is 4.15. The van der Waals surface area contributed by atoms with Crippen molar-refractivity contribution in [1.82, 2.24) is 4.31 Å². The van der Waals surface area contributed by atoms with Crippen LogP contribution in [0.25, 0.3) is 0 Å². The predicted molar refractivity (Wildman–Crippen MR) is 74.4 cm³/mol. The standard InChI is InChI=1S/C14H19NO4S/c1-10(2)8-13-14(16)19-9-15(13)20(17,18)12-6-4-11(3)5-7-12/h4-7,10,13H,8-9H2,1-3H3. The molecule has 1 aromatic rings. The Hall–Kier alpha value is -1.40. The number of nitrogens with zero attached hydrogens (tertiary/aromatic N) is 1. The van der Waals surface area contributed by atoms with Crippen LogP contribution in [-0.4, -0.2) is 31.5 Å². The van der Waals surface area contributed by atoms with Crippen LogP contribution >= 0.6 is 0 Å². The van der Waals surface area contributed by atoms with Crippen molar-refractivity contribution < 1.29 is 17.9 Å². The normalized spacial score (nSPS) is 20.4. The van der Waals surface area contributed by atoms with E-state index >= 15 is 0 Å². The summed E-state index contributed by atoms with van der Waals surface area (Å²) >= 11 is 0. The van der Waals surface area contributed by atoms with E-state index in [9.17, 15) is 13.2 Å². The number of sulfonamides is 1. The monoisotopic (exact) mass is 297 g/mol. The fourth-order valence-electron chi connectivity index (χ4n) is 2.17. The van der Waals surface area contributed by atoms with E-state index in [-0.39, 0.29) is 17.5 Å². The number of rotatable bonds is 4. The molecule has 0 amide bonds. The second-order valence-electron chi connectivity index (χ2n) is 5.44. The minimum Gasteiger partial charge on any atom is -0.447 e. The summed E-state index contributed by atoms with van der Waals surface area (Å²) in [7, 11) is -3.70. The van der Waals surface area contributed by atoms with Crippen molar-refractivity contribution in [3.05, 3.63) is 29.8 Å². The van der Waals surface area contributed by atoms with Gasteiger partial charge in [-0.1, -0.05) is 31.5 Å². The molecule has 0 aliphatic carbocycles. The van der Waals surface area contributed by atoms with Gasteiger partial charge in [0.1, 0.15) is 6.04 Å². The fraction of sp³-hybridized carbons (Fsp3) is 0.500. The first-order valence-corrected chi connectivity index (χ1v) is 8.01. The van der Waals surface area contributed by atoms with E-state index in [2.05, 4.69) is 0 Å². The summed E-state index contributed by atoms with van der Waals surface area (Å²) in [6.07, 6.45) is 0.462. The van der Waals surface area contributed by atoms with Crippen LogP contribution in [0.3, 0.4) is 0 Å². The third kappa shape index (κ3) is 2.86. The van der Waals surface area contributed by atoms with Gasteiger partial charge in [0.05, 0.1) is 4.90 Å². The van der Waals surface area contributed by atoms with Crippen molar-refractivity contribution in [2.24, 2.45) is 5.92 Å². The number of carbonyl (C=O) groups excluding carboxylic acids is 1. The summed E-state index contributed by atoms with van der Waals surface area (Å²) in [5, 5.41) is 0. The molecular formula is C14H19NO4S. The summed E-state index contributed by atoms with van der Waals surface area (Å²) in [5.41, 5.74) is 0.983. The SMILES string of the molecule is Cc1ccc(S(=O)(=O)N2COC(=O)C2CC(C)C)cc1. The minimum atomic E-state index is -3.70. The molecule has 1 saturated heterocycles. The van der Waals surface area contributed by atoms with E-state index < -0.39 is 22.0 Å². The van der Waals surface area contributed by atoms with E-state index in [1.54, 1.807) is 24.3 Å². The summed E-state index contributed by atoms with van der Waals surface area (Å²) < 4.78 is 31.2. The number of benzene rings is 1. The molecule has 0 spiro atoms. The van der Waals surface area contributed by atoms with Gasteiger partial charge in [0.15, 0.2) is 6.73 Å². The van der Waals surface area contributed by atoms with Crippen molar-refractivity contribution in [3.63, 3.8) is 0 Å². The van der Waals surface area contributed by atoms with Crippen LogP contribution < -0.4 is 0 Å². The Morgan fingerprint density at radius 1 is 1.30 bits per heavy atom. The van der Waals surface area contributed by atoms with E-state index in [1.807, 2.05) is 20.8 Å². The second-order valence-corrected chi connectivity index (χ2v) is 7.33. The Balaban J connectivity index is 2.33. The highest BCUT2D eigenvalue weighted by Gasteiger charge is 2.42. The smallest absolute Gasteiger partial charge is 0.325 e. The van der Waals surface area contributed by atoms with Gasteiger partial charge < -0.3 is 4.74 Å². The van der Waals surface area contributed by atoms with Crippen molar-refractivity contribution in [2.45, 2.75) is 38.1 Å². The molecule has 5 nitrogen and oxygen atoms in total. The average molecular weight is 297 g/mol. The molecule has 2 rings (SSSR count). The number of cyclic esters (lactones) is 1. The molecule has 110 valence electrons. The molecule has 0 bridgehead atoms. The molecule has 0 radical (unpaired) electrons. The highest BCUT2D eigenvalue weighted by Crippen LogP contribution is 2.26. The fourth-order valence-corrected chi connectivity index (χ4v) is 3.62. The lowest BCUT2D eigenvalue weighted by molar-refractivity contribution is -0.139. The quantitative estimate of drug-likeness (QED) is 0.796. The lowest BCUT2D eigenvalue weighted by atomic mass is 10.0. The van der Waals surface area contributed by atoms with Gasteiger partial charge in [0.2, 0.25) is 10.0 Å². The Bertz CT molecular complexity index is 592. The Morgan fingerprint density at radius 3 is 2.45 bits per heavy atom. The lowest BCUT2D eigenvalue weighted by Gasteiger charge is -2.21. The largest absolute Gasteiger partial charge is 0.447 e. The molecule has 1 heterocycles. The highest BCUT2D eigenvalue weighted by atomic mass is 32.2. The van der Waals surface area contributed by atoms with Crippen LogP contribution in [0.2, 0.25) is 0 Å². The molecule has 1 aliphatic heterocycles. The number of carbonyl (C=O) groups is 1. The Labute approximate surface area is 119 Å². The first-order valence-electron chi connectivity index (χ1n) is 6.57. The van der Waals surface area contributed by atoms with E-state index in [0.29, 0.717) is 6.42 Å². The number of hydrogen-bond donors (Lipinski definition) is 0. The third-order valence-corrected chi connectivity index (χ3v) is 5.12. The molecule has 0 saturated carbocycles. The topological polar surface area (TPSA) is 63.7 Å². The average Bonchev–Trinajstić information content (AvgIpc) is 2.71. The van der Waals surface area contributed by atoms with Crippen LogP contribution in [0, 0.1) is 12.8 Å². The van der Waals surface area contributed by atoms with Crippen LogP contribution in [-0.2, 0) is 19.6 Å². The molecule has 6 heteroatoms. The number of ether oxygens (including phenoxy) is 1. The molecule has 0 aromatic heterocycles. The number of esters is 1. The lowest BCUT2D eigenvalue weighted by Crippen LogP contribution is -2.38. The van der Waals surface area contributed by atoms with Gasteiger partial charge in [-0.2, -0.15) is 0 Å². The van der Waals surface area contributed by atoms with E-state index in [4.69, 9.17) is 4.74 Å². The zero-order valence-corrected chi connectivity index (χ0v) is 12.7. The van der Waals surface area contributed by atoms with Gasteiger partial charge in [-0.15, -0.1) is 4.31 Å². The maximum Gasteiger partial charge on any atom is 0.325 e. The molecule has 0 N–H and O–H groups in total. The van der Waals surface area contributed by atoms with Crippen molar-refractivity contribution in [3.8, 4) is 0 Å². The summed E-state index contributed by atoms with van der Waals surface area (Å²) in [5.74, 6) is -0.254. The van der Waals surface area contributed by atoms with E-state index in [0.717, 1.165) is 9.87 Å². The van der Waals surface area contributed by atoms with Crippen LogP contribution in [0.1, 0.15) is 25.8 Å². The molecule has 1 atom stereocenters. The van der Waals surface area contributed by atoms with Gasteiger partial charge in [0, 0.05) is 0 Å². The zero-order valence-electron chi connectivity index (χ0n) is 11.9. The summed E-state index contributed by atoms with van der Waals surface area (Å²) in [4.78, 5) is 11.9. The molecule has 1 fully saturated rings. The highest BCUT2D eigenvalue weighted by molar-refractivity contribution is 7.89. The maximum atomic E-state index is 12.6. The van der Waals surface area contributed by atoms with Gasteiger partial charge in [-0.05, 0) is 31.4 Å². The number of hydrogen-bond acceptors (Lipinski definition) is 4. The Morgan fingerprint density at radius 2 is 1.90 bits per heavy atom. The first kappa shape index (κ1) is 15.0. The number of aryl methyl sites for hydroxylation is 1. The molecule has 1 unspecified atom stereocenters. The first-order chi connectivity index (χ1) is 9.32. The van der Waals surface area contributed by atoms with Gasteiger partial charge in [-0.3, -0.25) is 4.79 Å². The van der Waals surface area contributed by atoms with Crippen LogP contribution in [0.5, 0.6) is 0 Å². The predicted octanol–water partition coefficient (Wildman–Crippen LogP) is 1.91. The molecular weight excluding hydrogens is 278 g/mol. The van der Waals surface area contributed by atoms with Gasteiger partial charge in [-0.25, -0.2) is 8.42 Å². The third-order valence-electron chi connectivity index (χ3n) is 3.28. The van der Waals surface area contributed by atoms with Crippen LogP contribution in [0.4, 0.5) is 0 Å². The second kappa shape index (κ2) is 5.54. The molecule has 20 heavy (non-hydrogen) atoms. The summed E-state index contributed by atoms with van der Waals surface area (Å²) in [6.45, 7) is 5.58. The maximum absolute atomic E-state index is 12.6. The zero-order chi connectivity index (χ0) is 14.9. The van der Waals surface area contributed by atoms with Crippen LogP contribution in [0.15, 0.2) is 29.2 Å². The van der Waals surface area contributed by atoms with E-state index in [1.165, 1.54) is 0 Å². The van der Waals surface area contributed by atoms with Crippen molar-refractivity contribution in [1.29, 1.82) is 0 Å². The minimum absolute atomic E-state index is 0.190.